The molecule has 26 heavy (non-hydrogen) atoms. The third kappa shape index (κ3) is 6.01. The first-order chi connectivity index (χ1) is 12.2. The molecule has 0 atom stereocenters. The summed E-state index contributed by atoms with van der Waals surface area (Å²) in [6.07, 6.45) is 2.98. The molecule has 1 heterocycles. The topological polar surface area (TPSA) is 65.0 Å². The molecule has 0 bridgehead atoms. The Morgan fingerprint density at radius 1 is 1.31 bits per heavy atom. The fraction of sp³-hybridized carbons (Fsp3) is 0.588. The van der Waals surface area contributed by atoms with Crippen LogP contribution in [0.4, 0.5) is 0 Å². The minimum absolute atomic E-state index is 0.433. The molecule has 1 saturated heterocycles. The molecule has 1 aliphatic rings. The third-order valence-electron chi connectivity index (χ3n) is 4.57. The van der Waals surface area contributed by atoms with Gasteiger partial charge in [0.2, 0.25) is 10.0 Å². The second kappa shape index (κ2) is 9.26. The summed E-state index contributed by atoms with van der Waals surface area (Å²) in [7, 11) is 0.633. The van der Waals surface area contributed by atoms with Crippen LogP contribution < -0.4 is 5.32 Å². The van der Waals surface area contributed by atoms with E-state index in [1.54, 1.807) is 17.4 Å². The molecule has 1 N–H and O–H groups in total. The standard InChI is InChI=1S/C17H26Cl2N4O2S/c1-20-17(22(2)12-14-4-5-15(18)16(19)10-14)21-11-13-6-8-23(9-7-13)26(3,24)25/h4-5,10,13H,6-9,11-12H2,1-3H3,(H,20,21). The number of hydrogen-bond donors (Lipinski definition) is 1. The van der Waals surface area contributed by atoms with Gasteiger partial charge in [-0.15, -0.1) is 0 Å². The normalized spacial score (nSPS) is 17.3. The van der Waals surface area contributed by atoms with Crippen molar-refractivity contribution in [2.45, 2.75) is 19.4 Å². The zero-order valence-electron chi connectivity index (χ0n) is 15.4. The van der Waals surface area contributed by atoms with Crippen molar-refractivity contribution in [3.63, 3.8) is 0 Å². The molecule has 146 valence electrons. The summed E-state index contributed by atoms with van der Waals surface area (Å²) in [6, 6.07) is 5.59. The summed E-state index contributed by atoms with van der Waals surface area (Å²) >= 11 is 12.0. The van der Waals surface area contributed by atoms with Crippen molar-refractivity contribution in [1.29, 1.82) is 0 Å². The van der Waals surface area contributed by atoms with Crippen molar-refractivity contribution in [3.05, 3.63) is 33.8 Å². The van der Waals surface area contributed by atoms with E-state index >= 15 is 0 Å². The maximum atomic E-state index is 11.6. The SMILES string of the molecule is CN=C(NCC1CCN(S(C)(=O)=O)CC1)N(C)Cc1ccc(Cl)c(Cl)c1. The Morgan fingerprint density at radius 3 is 2.50 bits per heavy atom. The van der Waals surface area contributed by atoms with Gasteiger partial charge in [-0.1, -0.05) is 29.3 Å². The van der Waals surface area contributed by atoms with Gasteiger partial charge in [0, 0.05) is 40.3 Å². The van der Waals surface area contributed by atoms with Gasteiger partial charge in [0.1, 0.15) is 0 Å². The zero-order valence-corrected chi connectivity index (χ0v) is 17.7. The van der Waals surface area contributed by atoms with E-state index in [-0.39, 0.29) is 0 Å². The van der Waals surface area contributed by atoms with Gasteiger partial charge in [-0.05, 0) is 36.5 Å². The van der Waals surface area contributed by atoms with Crippen LogP contribution in [-0.2, 0) is 16.6 Å². The van der Waals surface area contributed by atoms with Crippen LogP contribution in [0.25, 0.3) is 0 Å². The highest BCUT2D eigenvalue weighted by Crippen LogP contribution is 2.23. The lowest BCUT2D eigenvalue weighted by Crippen LogP contribution is -2.44. The average Bonchev–Trinajstić information content (AvgIpc) is 2.58. The average molecular weight is 421 g/mol. The largest absolute Gasteiger partial charge is 0.356 e. The number of guanidine groups is 1. The summed E-state index contributed by atoms with van der Waals surface area (Å²) in [5.74, 6) is 1.23. The summed E-state index contributed by atoms with van der Waals surface area (Å²) in [4.78, 5) is 6.35. The van der Waals surface area contributed by atoms with Gasteiger partial charge in [0.05, 0.1) is 16.3 Å². The van der Waals surface area contributed by atoms with E-state index < -0.39 is 10.0 Å². The van der Waals surface area contributed by atoms with Crippen LogP contribution in [0.3, 0.4) is 0 Å². The van der Waals surface area contributed by atoms with E-state index in [0.29, 0.717) is 35.6 Å². The Labute approximate surface area is 166 Å². The fourth-order valence-corrected chi connectivity index (χ4v) is 4.25. The Balaban J connectivity index is 1.84. The lowest BCUT2D eigenvalue weighted by molar-refractivity contribution is 0.273. The van der Waals surface area contributed by atoms with Crippen molar-refractivity contribution in [2.75, 3.05) is 40.0 Å². The van der Waals surface area contributed by atoms with Gasteiger partial charge in [-0.25, -0.2) is 12.7 Å². The van der Waals surface area contributed by atoms with E-state index in [2.05, 4.69) is 10.3 Å². The van der Waals surface area contributed by atoms with Gasteiger partial charge in [0.25, 0.3) is 0 Å². The molecule has 0 unspecified atom stereocenters. The van der Waals surface area contributed by atoms with Crippen molar-refractivity contribution < 1.29 is 8.42 Å². The lowest BCUT2D eigenvalue weighted by atomic mass is 9.98. The highest BCUT2D eigenvalue weighted by atomic mass is 35.5. The first-order valence-electron chi connectivity index (χ1n) is 8.51. The number of rotatable bonds is 5. The minimum atomic E-state index is -3.08. The number of nitrogens with one attached hydrogen (secondary N) is 1. The van der Waals surface area contributed by atoms with E-state index in [1.165, 1.54) is 6.26 Å². The second-order valence-electron chi connectivity index (χ2n) is 6.64. The van der Waals surface area contributed by atoms with Crippen LogP contribution in [0.1, 0.15) is 18.4 Å². The first-order valence-corrected chi connectivity index (χ1v) is 11.1. The molecule has 6 nitrogen and oxygen atoms in total. The second-order valence-corrected chi connectivity index (χ2v) is 9.43. The van der Waals surface area contributed by atoms with Gasteiger partial charge >= 0.3 is 0 Å². The van der Waals surface area contributed by atoms with Crippen LogP contribution in [0.5, 0.6) is 0 Å². The summed E-state index contributed by atoms with van der Waals surface area (Å²) in [6.45, 7) is 2.60. The maximum absolute atomic E-state index is 11.6. The molecule has 0 spiro atoms. The lowest BCUT2D eigenvalue weighted by Gasteiger charge is -2.31. The van der Waals surface area contributed by atoms with Crippen LogP contribution in [0.15, 0.2) is 23.2 Å². The van der Waals surface area contributed by atoms with Crippen molar-refractivity contribution in [1.82, 2.24) is 14.5 Å². The molecular formula is C17H26Cl2N4O2S. The predicted octanol–water partition coefficient (Wildman–Crippen LogP) is 2.67. The molecule has 9 heteroatoms. The molecule has 1 aromatic rings. The molecule has 0 aliphatic carbocycles. The minimum Gasteiger partial charge on any atom is -0.356 e. The zero-order chi connectivity index (χ0) is 19.3. The third-order valence-corrected chi connectivity index (χ3v) is 6.61. The van der Waals surface area contributed by atoms with Crippen LogP contribution in [0, 0.1) is 5.92 Å². The molecule has 0 amide bonds. The molecule has 1 fully saturated rings. The fourth-order valence-electron chi connectivity index (χ4n) is 3.05. The number of aliphatic imine (C=N–C) groups is 1. The van der Waals surface area contributed by atoms with Gasteiger partial charge in [0.15, 0.2) is 5.96 Å². The molecule has 2 rings (SSSR count). The van der Waals surface area contributed by atoms with E-state index in [9.17, 15) is 8.42 Å². The van der Waals surface area contributed by atoms with E-state index in [1.807, 2.05) is 24.1 Å². The highest BCUT2D eigenvalue weighted by molar-refractivity contribution is 7.88. The van der Waals surface area contributed by atoms with Crippen LogP contribution >= 0.6 is 23.2 Å². The van der Waals surface area contributed by atoms with Crippen LogP contribution in [0.2, 0.25) is 10.0 Å². The van der Waals surface area contributed by atoms with Crippen molar-refractivity contribution in [3.8, 4) is 0 Å². The quantitative estimate of drug-likeness (QED) is 0.587. The molecule has 1 aromatic carbocycles. The Bertz CT molecular complexity index is 747. The number of piperidine rings is 1. The van der Waals surface area contributed by atoms with Gasteiger partial charge in [-0.2, -0.15) is 0 Å². The summed E-state index contributed by atoms with van der Waals surface area (Å²) in [5, 5.41) is 4.47. The smallest absolute Gasteiger partial charge is 0.211 e. The van der Waals surface area contributed by atoms with Gasteiger partial charge < -0.3 is 10.2 Å². The monoisotopic (exact) mass is 420 g/mol. The number of nitrogens with zero attached hydrogens (tertiary/aromatic N) is 3. The molecular weight excluding hydrogens is 395 g/mol. The van der Waals surface area contributed by atoms with Gasteiger partial charge in [-0.3, -0.25) is 4.99 Å². The van der Waals surface area contributed by atoms with Crippen molar-refractivity contribution in [2.24, 2.45) is 10.9 Å². The Kier molecular flexibility index (Phi) is 7.58. The first kappa shape index (κ1) is 21.3. The summed E-state index contributed by atoms with van der Waals surface area (Å²) < 4.78 is 24.7. The maximum Gasteiger partial charge on any atom is 0.211 e. The Morgan fingerprint density at radius 2 is 1.96 bits per heavy atom. The van der Waals surface area contributed by atoms with Crippen molar-refractivity contribution >= 4 is 39.2 Å². The van der Waals surface area contributed by atoms with Crippen LogP contribution in [-0.4, -0.2) is 63.6 Å². The Hall–Kier alpha value is -1.02. The number of sulfonamides is 1. The predicted molar refractivity (Wildman–Crippen MR) is 108 cm³/mol. The number of hydrogen-bond acceptors (Lipinski definition) is 3. The number of benzene rings is 1. The van der Waals surface area contributed by atoms with E-state index in [4.69, 9.17) is 23.2 Å². The number of halogens is 2. The highest BCUT2D eigenvalue weighted by Gasteiger charge is 2.25. The molecule has 0 saturated carbocycles. The molecule has 0 radical (unpaired) electrons. The molecule has 0 aromatic heterocycles. The molecule has 1 aliphatic heterocycles. The van der Waals surface area contributed by atoms with E-state index in [0.717, 1.165) is 30.9 Å². The summed E-state index contributed by atoms with van der Waals surface area (Å²) in [5.41, 5.74) is 1.05.